The van der Waals surface area contributed by atoms with Crippen LogP contribution in [0.2, 0.25) is 0 Å². The van der Waals surface area contributed by atoms with Crippen LogP contribution in [0.15, 0.2) is 77.6 Å². The van der Waals surface area contributed by atoms with Crippen LogP contribution >= 0.6 is 12.0 Å². The molecule has 0 aromatic heterocycles. The molecule has 0 spiro atoms. The van der Waals surface area contributed by atoms with Gasteiger partial charge in [-0.15, -0.1) is 0 Å². The topological polar surface area (TPSA) is 101 Å². The molecule has 0 aliphatic carbocycles. The normalized spacial score (nSPS) is 12.7. The quantitative estimate of drug-likeness (QED) is 0.0777. The first kappa shape index (κ1) is 20.7. The summed E-state index contributed by atoms with van der Waals surface area (Å²) in [6.07, 6.45) is 15.1. The maximum atomic E-state index is 8.28. The van der Waals surface area contributed by atoms with Crippen LogP contribution in [0, 0.1) is 0 Å². The zero-order chi connectivity index (χ0) is 17.2. The van der Waals surface area contributed by atoms with E-state index in [1.807, 2.05) is 0 Å². The molecule has 0 fully saturated rings. The van der Waals surface area contributed by atoms with E-state index in [4.69, 9.17) is 15.8 Å². The van der Waals surface area contributed by atoms with Gasteiger partial charge in [0, 0.05) is 4.91 Å². The maximum Gasteiger partial charge on any atom is 0.118 e. The van der Waals surface area contributed by atoms with Gasteiger partial charge >= 0.3 is 0 Å². The summed E-state index contributed by atoms with van der Waals surface area (Å²) in [5, 5.41) is 17.0. The van der Waals surface area contributed by atoms with Gasteiger partial charge in [-0.1, -0.05) is 36.5 Å². The third-order valence-electron chi connectivity index (χ3n) is 2.02. The Kier molecular flexibility index (Phi) is 14.5. The molecule has 0 unspecified atom stereocenters. The molecule has 0 amide bonds. The highest BCUT2D eigenvalue weighted by atomic mass is 32.2. The van der Waals surface area contributed by atoms with E-state index in [0.717, 1.165) is 16.9 Å². The highest BCUT2D eigenvalue weighted by Crippen LogP contribution is 2.15. The number of allylic oxidation sites excluding steroid dienone is 7. The average Bonchev–Trinajstić information content (AvgIpc) is 2.53. The number of nitrogens with zero attached hydrogens (tertiary/aromatic N) is 1. The molecule has 0 heterocycles. The Morgan fingerprint density at radius 3 is 2.61 bits per heavy atom. The molecule has 23 heavy (non-hydrogen) atoms. The number of ether oxygens (including phenoxy) is 1. The molecule has 0 saturated carbocycles. The minimum atomic E-state index is 0.340. The molecule has 0 aromatic rings. The second-order valence-electron chi connectivity index (χ2n) is 3.76. The van der Waals surface area contributed by atoms with Crippen LogP contribution in [0.5, 0.6) is 0 Å². The molecule has 0 radical (unpaired) electrons. The van der Waals surface area contributed by atoms with Gasteiger partial charge in [0.1, 0.15) is 13.5 Å². The third kappa shape index (κ3) is 14.4. The van der Waals surface area contributed by atoms with E-state index in [1.165, 1.54) is 6.21 Å². The highest BCUT2D eigenvalue weighted by molar-refractivity contribution is 7.98. The lowest BCUT2D eigenvalue weighted by molar-refractivity contribution is 0.117. The lowest BCUT2D eigenvalue weighted by Gasteiger charge is -2.03. The molecule has 126 valence electrons. The number of oxime groups is 1. The summed E-state index contributed by atoms with van der Waals surface area (Å²) in [7, 11) is 0. The van der Waals surface area contributed by atoms with Gasteiger partial charge in [0.15, 0.2) is 0 Å². The predicted molar refractivity (Wildman–Crippen MR) is 95.1 cm³/mol. The van der Waals surface area contributed by atoms with Crippen LogP contribution in [-0.2, 0) is 9.02 Å². The van der Waals surface area contributed by atoms with Crippen LogP contribution in [-0.4, -0.2) is 24.9 Å². The van der Waals surface area contributed by atoms with Gasteiger partial charge < -0.3 is 20.6 Å². The summed E-state index contributed by atoms with van der Waals surface area (Å²) in [4.78, 5) is 0.802. The zero-order valence-electron chi connectivity index (χ0n) is 12.7. The minimum Gasteiger partial charge on any atom is -0.411 e. The Balaban J connectivity index is 3.71. The molecule has 0 atom stereocenters. The van der Waals surface area contributed by atoms with Crippen molar-refractivity contribution in [3.05, 3.63) is 72.5 Å². The van der Waals surface area contributed by atoms with Crippen molar-refractivity contribution in [1.29, 1.82) is 0 Å². The van der Waals surface area contributed by atoms with Crippen molar-refractivity contribution in [2.75, 3.05) is 13.5 Å². The Morgan fingerprint density at radius 1 is 1.22 bits per heavy atom. The fraction of sp³-hybridized carbons (Fsp3) is 0.133. The zero-order valence-corrected chi connectivity index (χ0v) is 13.5. The molecule has 0 saturated heterocycles. The van der Waals surface area contributed by atoms with Gasteiger partial charge in [-0.25, -0.2) is 10.2 Å². The highest BCUT2D eigenvalue weighted by Gasteiger charge is 1.90. The van der Waals surface area contributed by atoms with Crippen LogP contribution in [0.25, 0.3) is 0 Å². The first-order chi connectivity index (χ1) is 11.2. The second-order valence-corrected chi connectivity index (χ2v) is 4.59. The van der Waals surface area contributed by atoms with E-state index in [1.54, 1.807) is 48.9 Å². The van der Waals surface area contributed by atoms with Crippen molar-refractivity contribution in [3.63, 3.8) is 0 Å². The van der Waals surface area contributed by atoms with Crippen molar-refractivity contribution in [3.8, 4) is 0 Å². The van der Waals surface area contributed by atoms with Gasteiger partial charge in [-0.05, 0) is 36.2 Å². The van der Waals surface area contributed by atoms with Crippen LogP contribution < -0.4 is 16.5 Å². The SMILES string of the molecule is C=C/C=C(\C=C/NCOCN/C=C\C=C/C(=C)/C=N\O)SON. The summed E-state index contributed by atoms with van der Waals surface area (Å²) in [6.45, 7) is 7.92. The summed E-state index contributed by atoms with van der Waals surface area (Å²) in [5.74, 6) is 4.98. The van der Waals surface area contributed by atoms with Crippen molar-refractivity contribution in [2.24, 2.45) is 11.1 Å². The number of nitrogens with one attached hydrogen (secondary N) is 2. The number of hydrogen-bond donors (Lipinski definition) is 4. The molecule has 7 nitrogen and oxygen atoms in total. The summed E-state index contributed by atoms with van der Waals surface area (Å²) >= 11 is 1.03. The Hall–Kier alpha value is -2.26. The van der Waals surface area contributed by atoms with E-state index in [9.17, 15) is 0 Å². The van der Waals surface area contributed by atoms with Crippen LogP contribution in [0.3, 0.4) is 0 Å². The lowest BCUT2D eigenvalue weighted by atomic mass is 10.3. The van der Waals surface area contributed by atoms with E-state index in [2.05, 4.69) is 33.2 Å². The molecule has 5 N–H and O–H groups in total. The Labute approximate surface area is 140 Å². The Morgan fingerprint density at radius 2 is 1.96 bits per heavy atom. The molecular formula is C15H22N4O3S. The molecular weight excluding hydrogens is 316 g/mol. The van der Waals surface area contributed by atoms with Crippen molar-refractivity contribution in [1.82, 2.24) is 10.6 Å². The van der Waals surface area contributed by atoms with E-state index < -0.39 is 0 Å². The molecule has 0 aromatic carbocycles. The van der Waals surface area contributed by atoms with Crippen molar-refractivity contribution in [2.45, 2.75) is 0 Å². The van der Waals surface area contributed by atoms with Crippen LogP contribution in [0.1, 0.15) is 0 Å². The van der Waals surface area contributed by atoms with E-state index in [0.29, 0.717) is 19.0 Å². The molecule has 0 bridgehead atoms. The number of nitrogens with two attached hydrogens (primary N) is 1. The first-order valence-corrected chi connectivity index (χ1v) is 7.25. The smallest absolute Gasteiger partial charge is 0.118 e. The predicted octanol–water partition coefficient (Wildman–Crippen LogP) is 2.31. The number of hydrogen-bond acceptors (Lipinski definition) is 8. The van der Waals surface area contributed by atoms with Crippen molar-refractivity contribution < 1.29 is 14.2 Å². The van der Waals surface area contributed by atoms with Gasteiger partial charge in [0.05, 0.1) is 18.3 Å². The van der Waals surface area contributed by atoms with E-state index >= 15 is 0 Å². The molecule has 0 aliphatic rings. The lowest BCUT2D eigenvalue weighted by Crippen LogP contribution is -2.17. The fourth-order valence-corrected chi connectivity index (χ4v) is 1.50. The second kappa shape index (κ2) is 16.1. The average molecular weight is 338 g/mol. The third-order valence-corrected chi connectivity index (χ3v) is 2.58. The molecule has 0 aliphatic heterocycles. The van der Waals surface area contributed by atoms with Crippen molar-refractivity contribution >= 4 is 18.3 Å². The summed E-state index contributed by atoms with van der Waals surface area (Å²) < 4.78 is 9.75. The standard InChI is InChI=1S/C15H22N4O3S/c1-3-6-15(23-22-16)8-10-18-13-21-12-17-9-5-4-7-14(2)11-19-20/h3-11,17-18,20H,1-2,12-13,16H2/b7-4-,9-5-,10-8-,15-6+,19-11-. The molecule has 8 heteroatoms. The monoisotopic (exact) mass is 338 g/mol. The Bertz CT molecular complexity index is 485. The summed E-state index contributed by atoms with van der Waals surface area (Å²) in [6, 6.07) is 0. The molecule has 0 rings (SSSR count). The van der Waals surface area contributed by atoms with Crippen LogP contribution in [0.4, 0.5) is 0 Å². The minimum absolute atomic E-state index is 0.340. The van der Waals surface area contributed by atoms with E-state index in [-0.39, 0.29) is 0 Å². The summed E-state index contributed by atoms with van der Waals surface area (Å²) in [5.41, 5.74) is 0.590. The largest absolute Gasteiger partial charge is 0.411 e. The van der Waals surface area contributed by atoms with Gasteiger partial charge in [0.25, 0.3) is 0 Å². The van der Waals surface area contributed by atoms with Gasteiger partial charge in [-0.3, -0.25) is 0 Å². The first-order valence-electron chi connectivity index (χ1n) is 6.51. The number of rotatable bonds is 13. The van der Waals surface area contributed by atoms with Gasteiger partial charge in [0.2, 0.25) is 0 Å². The maximum absolute atomic E-state index is 8.28. The fourth-order valence-electron chi connectivity index (χ4n) is 1.11. The van der Waals surface area contributed by atoms with Gasteiger partial charge in [-0.2, -0.15) is 0 Å².